The topological polar surface area (TPSA) is 104 Å². The second kappa shape index (κ2) is 13.8. The van der Waals surface area contributed by atoms with Gasteiger partial charge in [0.15, 0.2) is 0 Å². The van der Waals surface area contributed by atoms with Crippen molar-refractivity contribution in [2.45, 2.75) is 0 Å². The Morgan fingerprint density at radius 1 is 0.364 bits per heavy atom. The molecular weight excluding hydrogens is 408 g/mol. The Hall–Kier alpha value is -5.36. The van der Waals surface area contributed by atoms with Crippen LogP contribution in [0.2, 0.25) is 0 Å². The summed E-state index contributed by atoms with van der Waals surface area (Å²) in [4.78, 5) is 0. The summed E-state index contributed by atoms with van der Waals surface area (Å²) in [6.07, 6.45) is 0. The third kappa shape index (κ3) is 8.12. The van der Waals surface area contributed by atoms with Gasteiger partial charge in [-0.25, -0.2) is 0 Å². The summed E-state index contributed by atoms with van der Waals surface area (Å²) < 4.78 is 5.58. The third-order valence-electron chi connectivity index (χ3n) is 4.06. The highest BCUT2D eigenvalue weighted by molar-refractivity contribution is 5.45. The maximum atomic E-state index is 8.45. The minimum Gasteiger partial charge on any atom is -0.457 e. The molecule has 0 aromatic heterocycles. The number of ether oxygens (including phenoxy) is 1. The lowest BCUT2D eigenvalue weighted by Gasteiger charge is -2.03. The lowest BCUT2D eigenvalue weighted by Crippen LogP contribution is -1.81. The van der Waals surface area contributed by atoms with Crippen molar-refractivity contribution in [2.75, 3.05) is 0 Å². The van der Waals surface area contributed by atoms with Crippen LogP contribution in [0.15, 0.2) is 109 Å². The number of rotatable bonds is 2. The van der Waals surface area contributed by atoms with Crippen molar-refractivity contribution in [1.82, 2.24) is 0 Å². The Bertz CT molecular complexity index is 1150. The van der Waals surface area contributed by atoms with E-state index >= 15 is 0 Å². The van der Waals surface area contributed by atoms with Gasteiger partial charge in [-0.3, -0.25) is 0 Å². The molecule has 0 saturated carbocycles. The minimum absolute atomic E-state index is 0.435. The Labute approximate surface area is 193 Å². The molecule has 5 nitrogen and oxygen atoms in total. The van der Waals surface area contributed by atoms with Crippen LogP contribution in [0.1, 0.15) is 22.3 Å². The number of hydrogen-bond acceptors (Lipinski definition) is 5. The van der Waals surface area contributed by atoms with E-state index in [1.807, 2.05) is 84.9 Å². The van der Waals surface area contributed by atoms with Gasteiger partial charge >= 0.3 is 0 Å². The van der Waals surface area contributed by atoms with E-state index in [4.69, 9.17) is 25.8 Å². The molecule has 0 aliphatic carbocycles. The van der Waals surface area contributed by atoms with E-state index in [-0.39, 0.29) is 0 Å². The van der Waals surface area contributed by atoms with Gasteiger partial charge in [-0.2, -0.15) is 21.0 Å². The van der Waals surface area contributed by atoms with E-state index < -0.39 is 0 Å². The van der Waals surface area contributed by atoms with Crippen LogP contribution in [0.4, 0.5) is 0 Å². The summed E-state index contributed by atoms with van der Waals surface area (Å²) in [5.41, 5.74) is 1.74. The van der Waals surface area contributed by atoms with E-state index in [0.29, 0.717) is 22.3 Å². The van der Waals surface area contributed by atoms with E-state index in [0.717, 1.165) is 11.5 Å². The SMILES string of the molecule is N#Cc1ccccc1C#N.N#Cc1ccccc1C#N.c1ccc(Oc2ccccc2)cc1. The van der Waals surface area contributed by atoms with E-state index in [1.54, 1.807) is 48.5 Å². The summed E-state index contributed by atoms with van der Waals surface area (Å²) in [5.74, 6) is 1.74. The molecule has 0 saturated heterocycles. The molecule has 0 aliphatic rings. The Morgan fingerprint density at radius 2 is 0.606 bits per heavy atom. The van der Waals surface area contributed by atoms with Crippen molar-refractivity contribution in [3.63, 3.8) is 0 Å². The van der Waals surface area contributed by atoms with Gasteiger partial charge < -0.3 is 4.74 Å². The van der Waals surface area contributed by atoms with Crippen LogP contribution < -0.4 is 4.74 Å². The van der Waals surface area contributed by atoms with Gasteiger partial charge in [0.25, 0.3) is 0 Å². The van der Waals surface area contributed by atoms with E-state index in [1.165, 1.54) is 0 Å². The molecule has 0 bridgehead atoms. The molecule has 156 valence electrons. The van der Waals surface area contributed by atoms with E-state index in [2.05, 4.69) is 0 Å². The molecule has 0 aliphatic heterocycles. The van der Waals surface area contributed by atoms with Crippen molar-refractivity contribution < 1.29 is 4.74 Å². The van der Waals surface area contributed by atoms with Gasteiger partial charge in [0.1, 0.15) is 35.8 Å². The molecule has 5 heteroatoms. The highest BCUT2D eigenvalue weighted by Gasteiger charge is 1.96. The average Bonchev–Trinajstić information content (AvgIpc) is 2.90. The van der Waals surface area contributed by atoms with Crippen LogP contribution in [-0.4, -0.2) is 0 Å². The standard InChI is InChI=1S/C12H10O.2C8H4N2/c1-3-7-11(8-4-1)13-12-9-5-2-6-10-12;2*9-5-7-3-1-2-4-8(7)6-10/h1-10H;2*1-4H. The van der Waals surface area contributed by atoms with Crippen LogP contribution in [-0.2, 0) is 0 Å². The fourth-order valence-corrected chi connectivity index (χ4v) is 2.47. The van der Waals surface area contributed by atoms with Crippen LogP contribution >= 0.6 is 0 Å². The molecule has 0 atom stereocenters. The maximum absolute atomic E-state index is 8.45. The normalized spacial score (nSPS) is 8.48. The first-order valence-corrected chi connectivity index (χ1v) is 9.78. The first-order valence-electron chi connectivity index (χ1n) is 9.78. The monoisotopic (exact) mass is 426 g/mol. The van der Waals surface area contributed by atoms with Crippen molar-refractivity contribution in [1.29, 1.82) is 21.0 Å². The number of nitriles is 4. The number of benzene rings is 4. The van der Waals surface area contributed by atoms with Gasteiger partial charge in [0.05, 0.1) is 22.3 Å². The highest BCUT2D eigenvalue weighted by atomic mass is 16.5. The number of nitrogens with zero attached hydrogens (tertiary/aromatic N) is 4. The second-order valence-electron chi connectivity index (χ2n) is 6.27. The van der Waals surface area contributed by atoms with Crippen molar-refractivity contribution >= 4 is 0 Å². The Balaban J connectivity index is 0.000000178. The first-order chi connectivity index (χ1) is 16.2. The quantitative estimate of drug-likeness (QED) is 0.372. The summed E-state index contributed by atoms with van der Waals surface area (Å²) >= 11 is 0. The second-order valence-corrected chi connectivity index (χ2v) is 6.27. The summed E-state index contributed by atoms with van der Waals surface area (Å²) in [7, 11) is 0. The zero-order valence-corrected chi connectivity index (χ0v) is 17.6. The summed E-state index contributed by atoms with van der Waals surface area (Å²) in [6.45, 7) is 0. The smallest absolute Gasteiger partial charge is 0.127 e. The molecule has 0 radical (unpaired) electrons. The molecular formula is C28H18N4O. The molecule has 0 N–H and O–H groups in total. The fourth-order valence-electron chi connectivity index (χ4n) is 2.47. The molecule has 4 aromatic rings. The summed E-state index contributed by atoms with van der Waals surface area (Å²) in [5, 5.41) is 33.8. The molecule has 0 fully saturated rings. The Kier molecular flexibility index (Phi) is 9.99. The predicted molar refractivity (Wildman–Crippen MR) is 125 cm³/mol. The molecule has 0 unspecified atom stereocenters. The molecule has 0 amide bonds. The van der Waals surface area contributed by atoms with Gasteiger partial charge in [-0.15, -0.1) is 0 Å². The van der Waals surface area contributed by atoms with Gasteiger partial charge in [-0.1, -0.05) is 60.7 Å². The molecule has 0 spiro atoms. The van der Waals surface area contributed by atoms with Gasteiger partial charge in [0, 0.05) is 0 Å². The van der Waals surface area contributed by atoms with Gasteiger partial charge in [0.2, 0.25) is 0 Å². The zero-order chi connectivity index (χ0) is 23.7. The van der Waals surface area contributed by atoms with Crippen molar-refractivity contribution in [2.24, 2.45) is 0 Å². The molecule has 33 heavy (non-hydrogen) atoms. The van der Waals surface area contributed by atoms with E-state index in [9.17, 15) is 0 Å². The molecule has 4 rings (SSSR count). The van der Waals surface area contributed by atoms with Crippen molar-refractivity contribution in [3.05, 3.63) is 131 Å². The first kappa shape index (κ1) is 23.9. The average molecular weight is 426 g/mol. The van der Waals surface area contributed by atoms with Crippen molar-refractivity contribution in [3.8, 4) is 35.8 Å². The van der Waals surface area contributed by atoms with Crippen LogP contribution in [0, 0.1) is 45.3 Å². The third-order valence-corrected chi connectivity index (χ3v) is 4.06. The Morgan fingerprint density at radius 3 is 0.848 bits per heavy atom. The van der Waals surface area contributed by atoms with Crippen LogP contribution in [0.5, 0.6) is 11.5 Å². The number of para-hydroxylation sites is 2. The summed E-state index contributed by atoms with van der Waals surface area (Å²) in [6, 6.07) is 40.6. The number of hydrogen-bond donors (Lipinski definition) is 0. The van der Waals surface area contributed by atoms with Crippen LogP contribution in [0.25, 0.3) is 0 Å². The maximum Gasteiger partial charge on any atom is 0.127 e. The van der Waals surface area contributed by atoms with Crippen LogP contribution in [0.3, 0.4) is 0 Å². The molecule has 4 aromatic carbocycles. The fraction of sp³-hybridized carbons (Fsp3) is 0. The minimum atomic E-state index is 0.435. The molecule has 0 heterocycles. The zero-order valence-electron chi connectivity index (χ0n) is 17.6. The lowest BCUT2D eigenvalue weighted by atomic mass is 10.1. The highest BCUT2D eigenvalue weighted by Crippen LogP contribution is 2.19. The predicted octanol–water partition coefficient (Wildman–Crippen LogP) is 6.34. The largest absolute Gasteiger partial charge is 0.457 e. The lowest BCUT2D eigenvalue weighted by molar-refractivity contribution is 0.482. The van der Waals surface area contributed by atoms with Gasteiger partial charge in [-0.05, 0) is 48.5 Å².